The van der Waals surface area contributed by atoms with Crippen molar-refractivity contribution < 1.29 is 4.74 Å². The van der Waals surface area contributed by atoms with Crippen LogP contribution in [0.25, 0.3) is 0 Å². The van der Waals surface area contributed by atoms with Gasteiger partial charge in [0.2, 0.25) is 11.8 Å². The summed E-state index contributed by atoms with van der Waals surface area (Å²) in [6.07, 6.45) is 1.08. The minimum Gasteiger partial charge on any atom is -0.473 e. The average molecular weight is 305 g/mol. The number of benzene rings is 1. The molecule has 1 aliphatic heterocycles. The van der Waals surface area contributed by atoms with Crippen LogP contribution in [0.3, 0.4) is 0 Å². The molecule has 1 unspecified atom stereocenters. The Labute approximate surface area is 128 Å². The molecule has 1 aliphatic rings. The van der Waals surface area contributed by atoms with Crippen LogP contribution in [-0.2, 0) is 6.54 Å². The zero-order valence-electron chi connectivity index (χ0n) is 11.6. The van der Waals surface area contributed by atoms with Crippen LogP contribution in [0.2, 0.25) is 5.15 Å². The van der Waals surface area contributed by atoms with Crippen molar-refractivity contribution in [3.63, 3.8) is 0 Å². The summed E-state index contributed by atoms with van der Waals surface area (Å²) in [6.45, 7) is 2.82. The average Bonchev–Trinajstić information content (AvgIpc) is 2.86. The molecule has 2 N–H and O–H groups in total. The lowest BCUT2D eigenvalue weighted by Crippen LogP contribution is -2.24. The van der Waals surface area contributed by atoms with Crippen LogP contribution in [0, 0.1) is 0 Å². The Morgan fingerprint density at radius 3 is 2.86 bits per heavy atom. The van der Waals surface area contributed by atoms with Gasteiger partial charge in [-0.3, -0.25) is 4.90 Å². The third kappa shape index (κ3) is 3.83. The molecule has 1 aromatic heterocycles. The number of nitrogens with zero attached hydrogens (tertiary/aromatic N) is 3. The Hall–Kier alpha value is -1.85. The van der Waals surface area contributed by atoms with E-state index in [4.69, 9.17) is 22.1 Å². The minimum atomic E-state index is 0.110. The molecule has 1 aromatic carbocycles. The van der Waals surface area contributed by atoms with E-state index in [-0.39, 0.29) is 12.1 Å². The van der Waals surface area contributed by atoms with Gasteiger partial charge in [0, 0.05) is 25.7 Å². The molecule has 0 saturated carbocycles. The first-order chi connectivity index (χ1) is 10.2. The minimum absolute atomic E-state index is 0.110. The molecule has 0 aliphatic carbocycles. The highest BCUT2D eigenvalue weighted by Gasteiger charge is 2.24. The Balaban J connectivity index is 1.57. The third-order valence-corrected chi connectivity index (χ3v) is 3.65. The number of nitrogens with two attached hydrogens (primary N) is 1. The second-order valence-electron chi connectivity index (χ2n) is 5.14. The molecule has 1 saturated heterocycles. The van der Waals surface area contributed by atoms with Crippen molar-refractivity contribution in [2.24, 2.45) is 0 Å². The molecule has 6 heteroatoms. The quantitative estimate of drug-likeness (QED) is 0.879. The molecular formula is C15H17ClN4O. The van der Waals surface area contributed by atoms with Crippen molar-refractivity contribution >= 4 is 17.5 Å². The monoisotopic (exact) mass is 304 g/mol. The predicted octanol–water partition coefficient (Wildman–Crippen LogP) is 2.37. The highest BCUT2D eigenvalue weighted by Crippen LogP contribution is 2.21. The second kappa shape index (κ2) is 6.28. The SMILES string of the molecule is Nc1nc(Cl)cc(OC2CCN(Cc3ccccc3)C2)n1. The van der Waals surface area contributed by atoms with Gasteiger partial charge in [-0.2, -0.15) is 4.98 Å². The predicted molar refractivity (Wildman–Crippen MR) is 82.2 cm³/mol. The molecule has 1 atom stereocenters. The number of anilines is 1. The van der Waals surface area contributed by atoms with E-state index in [0.717, 1.165) is 26.1 Å². The van der Waals surface area contributed by atoms with Crippen molar-refractivity contribution in [3.8, 4) is 5.88 Å². The van der Waals surface area contributed by atoms with Gasteiger partial charge in [0.05, 0.1) is 0 Å². The summed E-state index contributed by atoms with van der Waals surface area (Å²) in [5.41, 5.74) is 6.88. The first kappa shape index (κ1) is 14.1. The lowest BCUT2D eigenvalue weighted by Gasteiger charge is -2.16. The van der Waals surface area contributed by atoms with Gasteiger partial charge in [-0.25, -0.2) is 4.98 Å². The Kier molecular flexibility index (Phi) is 4.22. The molecule has 110 valence electrons. The number of nitrogen functional groups attached to an aromatic ring is 1. The van der Waals surface area contributed by atoms with Crippen LogP contribution in [-0.4, -0.2) is 34.1 Å². The van der Waals surface area contributed by atoms with E-state index in [0.29, 0.717) is 11.0 Å². The normalized spacial score (nSPS) is 18.8. The van der Waals surface area contributed by atoms with Crippen LogP contribution >= 0.6 is 11.6 Å². The summed E-state index contributed by atoms with van der Waals surface area (Å²) < 4.78 is 5.85. The summed E-state index contributed by atoms with van der Waals surface area (Å²) in [5, 5.41) is 0.302. The number of rotatable bonds is 4. The molecular weight excluding hydrogens is 288 g/mol. The largest absolute Gasteiger partial charge is 0.473 e. The Bertz CT molecular complexity index is 588. The van der Waals surface area contributed by atoms with Crippen molar-refractivity contribution in [1.29, 1.82) is 0 Å². The van der Waals surface area contributed by atoms with Gasteiger partial charge < -0.3 is 10.5 Å². The first-order valence-corrected chi connectivity index (χ1v) is 7.30. The zero-order valence-corrected chi connectivity index (χ0v) is 12.3. The molecule has 21 heavy (non-hydrogen) atoms. The summed E-state index contributed by atoms with van der Waals surface area (Å²) in [5.74, 6) is 0.579. The lowest BCUT2D eigenvalue weighted by molar-refractivity contribution is 0.191. The summed E-state index contributed by atoms with van der Waals surface area (Å²) in [4.78, 5) is 10.2. The van der Waals surface area contributed by atoms with Crippen molar-refractivity contribution in [3.05, 3.63) is 47.1 Å². The van der Waals surface area contributed by atoms with Crippen LogP contribution in [0.15, 0.2) is 36.4 Å². The van der Waals surface area contributed by atoms with E-state index in [1.54, 1.807) is 6.07 Å². The maximum Gasteiger partial charge on any atom is 0.224 e. The highest BCUT2D eigenvalue weighted by molar-refractivity contribution is 6.29. The Morgan fingerprint density at radius 1 is 1.29 bits per heavy atom. The smallest absolute Gasteiger partial charge is 0.224 e. The van der Waals surface area contributed by atoms with E-state index < -0.39 is 0 Å². The summed E-state index contributed by atoms with van der Waals surface area (Å²) in [7, 11) is 0. The second-order valence-corrected chi connectivity index (χ2v) is 5.52. The number of hydrogen-bond donors (Lipinski definition) is 1. The van der Waals surface area contributed by atoms with Crippen LogP contribution in [0.5, 0.6) is 5.88 Å². The highest BCUT2D eigenvalue weighted by atomic mass is 35.5. The first-order valence-electron chi connectivity index (χ1n) is 6.92. The fourth-order valence-corrected chi connectivity index (χ4v) is 2.70. The van der Waals surface area contributed by atoms with E-state index in [9.17, 15) is 0 Å². The number of hydrogen-bond acceptors (Lipinski definition) is 5. The lowest BCUT2D eigenvalue weighted by atomic mass is 10.2. The number of aromatic nitrogens is 2. The molecule has 5 nitrogen and oxygen atoms in total. The maximum absolute atomic E-state index is 5.85. The van der Waals surface area contributed by atoms with Gasteiger partial charge in [0.25, 0.3) is 0 Å². The van der Waals surface area contributed by atoms with Crippen LogP contribution < -0.4 is 10.5 Å². The van der Waals surface area contributed by atoms with Crippen LogP contribution in [0.4, 0.5) is 5.95 Å². The zero-order chi connectivity index (χ0) is 14.7. The molecule has 1 fully saturated rings. The number of halogens is 1. The molecule has 2 heterocycles. The fourth-order valence-electron chi connectivity index (χ4n) is 2.52. The van der Waals surface area contributed by atoms with Crippen molar-refractivity contribution in [2.45, 2.75) is 19.1 Å². The molecule has 3 rings (SSSR count). The van der Waals surface area contributed by atoms with E-state index in [1.165, 1.54) is 5.56 Å². The molecule has 2 aromatic rings. The third-order valence-electron chi connectivity index (χ3n) is 3.45. The number of likely N-dealkylation sites (tertiary alicyclic amines) is 1. The van der Waals surface area contributed by atoms with E-state index in [2.05, 4.69) is 39.1 Å². The van der Waals surface area contributed by atoms with Gasteiger partial charge in [-0.1, -0.05) is 41.9 Å². The summed E-state index contributed by atoms with van der Waals surface area (Å²) >= 11 is 5.85. The Morgan fingerprint density at radius 2 is 2.10 bits per heavy atom. The van der Waals surface area contributed by atoms with Crippen molar-refractivity contribution in [1.82, 2.24) is 14.9 Å². The maximum atomic E-state index is 5.85. The van der Waals surface area contributed by atoms with Gasteiger partial charge >= 0.3 is 0 Å². The summed E-state index contributed by atoms with van der Waals surface area (Å²) in [6, 6.07) is 12.0. The van der Waals surface area contributed by atoms with Gasteiger partial charge in [0.1, 0.15) is 11.3 Å². The number of ether oxygens (including phenoxy) is 1. The van der Waals surface area contributed by atoms with Gasteiger partial charge in [-0.15, -0.1) is 0 Å². The van der Waals surface area contributed by atoms with Gasteiger partial charge in [0.15, 0.2) is 0 Å². The molecule has 0 spiro atoms. The molecule has 0 radical (unpaired) electrons. The van der Waals surface area contributed by atoms with E-state index >= 15 is 0 Å². The van der Waals surface area contributed by atoms with Crippen molar-refractivity contribution in [2.75, 3.05) is 18.8 Å². The van der Waals surface area contributed by atoms with Crippen LogP contribution in [0.1, 0.15) is 12.0 Å². The van der Waals surface area contributed by atoms with E-state index in [1.807, 2.05) is 6.07 Å². The topological polar surface area (TPSA) is 64.3 Å². The standard InChI is InChI=1S/C15H17ClN4O/c16-13-8-14(19-15(17)18-13)21-12-6-7-20(10-12)9-11-4-2-1-3-5-11/h1-5,8,12H,6-7,9-10H2,(H2,17,18,19). The molecule has 0 amide bonds. The van der Waals surface area contributed by atoms with Gasteiger partial charge in [-0.05, 0) is 12.0 Å². The fraction of sp³-hybridized carbons (Fsp3) is 0.333. The molecule has 0 bridgehead atoms.